The zero-order chi connectivity index (χ0) is 20.0. The van der Waals surface area contributed by atoms with Gasteiger partial charge in [0.05, 0.1) is 14.2 Å². The summed E-state index contributed by atoms with van der Waals surface area (Å²) < 4.78 is 10.5. The van der Waals surface area contributed by atoms with Crippen molar-refractivity contribution >= 4 is 11.8 Å². The predicted octanol–water partition coefficient (Wildman–Crippen LogP) is 2.46. The van der Waals surface area contributed by atoms with Crippen LogP contribution in [0.2, 0.25) is 0 Å². The van der Waals surface area contributed by atoms with Gasteiger partial charge in [0.2, 0.25) is 11.8 Å². The Morgan fingerprint density at radius 2 is 1.57 bits per heavy atom. The van der Waals surface area contributed by atoms with Crippen LogP contribution in [0.15, 0.2) is 48.5 Å². The summed E-state index contributed by atoms with van der Waals surface area (Å²) in [5.41, 5.74) is 1.12. The number of rotatable bonds is 9. The van der Waals surface area contributed by atoms with Gasteiger partial charge in [-0.15, -0.1) is 0 Å². The molecule has 28 heavy (non-hydrogen) atoms. The van der Waals surface area contributed by atoms with E-state index in [1.165, 1.54) is 0 Å². The third-order valence-electron chi connectivity index (χ3n) is 5.06. The Hall–Kier alpha value is -3.02. The number of benzene rings is 2. The maximum atomic E-state index is 12.6. The number of methoxy groups -OCH3 is 2. The maximum Gasteiger partial charge on any atom is 0.235 e. The second kappa shape index (κ2) is 8.78. The summed E-state index contributed by atoms with van der Waals surface area (Å²) in [4.78, 5) is 25.2. The summed E-state index contributed by atoms with van der Waals surface area (Å²) in [5.74, 6) is 0.829. The van der Waals surface area contributed by atoms with Crippen molar-refractivity contribution in [1.82, 2.24) is 10.6 Å². The van der Waals surface area contributed by atoms with Gasteiger partial charge in [0.15, 0.2) is 11.5 Å². The van der Waals surface area contributed by atoms with Crippen LogP contribution in [-0.2, 0) is 22.6 Å². The molecule has 0 unspecified atom stereocenters. The first-order chi connectivity index (χ1) is 13.6. The molecule has 3 rings (SSSR count). The van der Waals surface area contributed by atoms with Gasteiger partial charge in [0, 0.05) is 13.1 Å². The summed E-state index contributed by atoms with van der Waals surface area (Å²) >= 11 is 0. The van der Waals surface area contributed by atoms with Crippen LogP contribution >= 0.6 is 0 Å². The van der Waals surface area contributed by atoms with Crippen LogP contribution in [0.25, 0.3) is 0 Å². The van der Waals surface area contributed by atoms with E-state index in [4.69, 9.17) is 9.47 Å². The average Bonchev–Trinajstić information content (AvgIpc) is 3.54. The normalized spacial score (nSPS) is 14.1. The van der Waals surface area contributed by atoms with E-state index in [1.807, 2.05) is 42.5 Å². The van der Waals surface area contributed by atoms with Crippen LogP contribution in [0.5, 0.6) is 11.5 Å². The van der Waals surface area contributed by atoms with Crippen LogP contribution in [-0.4, -0.2) is 32.6 Å². The van der Waals surface area contributed by atoms with Gasteiger partial charge in [-0.05, 0) is 42.5 Å². The topological polar surface area (TPSA) is 76.7 Å². The molecule has 0 aliphatic heterocycles. The van der Waals surface area contributed by atoms with Crippen molar-refractivity contribution in [1.29, 1.82) is 0 Å². The first-order valence-electron chi connectivity index (χ1n) is 9.40. The Balaban J connectivity index is 1.51. The van der Waals surface area contributed by atoms with E-state index in [0.717, 1.165) is 17.5 Å². The van der Waals surface area contributed by atoms with Gasteiger partial charge >= 0.3 is 0 Å². The van der Waals surface area contributed by atoms with Gasteiger partial charge in [-0.1, -0.05) is 36.4 Å². The quantitative estimate of drug-likeness (QED) is 0.653. The maximum absolute atomic E-state index is 12.6. The molecule has 1 aliphatic carbocycles. The molecule has 148 valence electrons. The minimum Gasteiger partial charge on any atom is -0.493 e. The lowest BCUT2D eigenvalue weighted by molar-refractivity contribution is -0.137. The second-order valence-electron chi connectivity index (χ2n) is 6.95. The van der Waals surface area contributed by atoms with E-state index in [-0.39, 0.29) is 11.8 Å². The molecular weight excluding hydrogens is 356 g/mol. The highest BCUT2D eigenvalue weighted by atomic mass is 16.5. The largest absolute Gasteiger partial charge is 0.493 e. The van der Waals surface area contributed by atoms with Crippen molar-refractivity contribution in [3.05, 3.63) is 59.7 Å². The number of carbonyl (C=O) groups excluding carboxylic acids is 2. The van der Waals surface area contributed by atoms with E-state index in [2.05, 4.69) is 10.6 Å². The molecule has 6 nitrogen and oxygen atoms in total. The molecule has 0 radical (unpaired) electrons. The highest BCUT2D eigenvalue weighted by Gasteiger charge is 2.56. The van der Waals surface area contributed by atoms with Crippen LogP contribution in [0.3, 0.4) is 0 Å². The molecule has 1 saturated carbocycles. The predicted molar refractivity (Wildman–Crippen MR) is 106 cm³/mol. The first kappa shape index (κ1) is 19.7. The fraction of sp³-hybridized carbons (Fsp3) is 0.364. The van der Waals surface area contributed by atoms with E-state index >= 15 is 0 Å². The third-order valence-corrected chi connectivity index (χ3v) is 5.06. The molecule has 2 amide bonds. The molecule has 0 atom stereocenters. The van der Waals surface area contributed by atoms with Crippen LogP contribution in [0.4, 0.5) is 0 Å². The number of carbonyl (C=O) groups is 2. The summed E-state index contributed by atoms with van der Waals surface area (Å²) in [5, 5.41) is 5.79. The fourth-order valence-corrected chi connectivity index (χ4v) is 3.16. The molecule has 0 spiro atoms. The minimum atomic E-state index is -0.923. The van der Waals surface area contributed by atoms with Gasteiger partial charge < -0.3 is 20.1 Å². The number of hydrogen-bond donors (Lipinski definition) is 2. The molecule has 6 heteroatoms. The van der Waals surface area contributed by atoms with Crippen LogP contribution in [0.1, 0.15) is 24.0 Å². The molecule has 0 aromatic heterocycles. The SMILES string of the molecule is COc1ccc(CNC(=O)C2(C(=O)NCCc3ccccc3)CC2)cc1OC. The number of amides is 2. The smallest absolute Gasteiger partial charge is 0.235 e. The monoisotopic (exact) mass is 382 g/mol. The summed E-state index contributed by atoms with van der Waals surface area (Å²) in [6.45, 7) is 0.853. The van der Waals surface area contributed by atoms with Crippen molar-refractivity contribution in [2.24, 2.45) is 5.41 Å². The highest BCUT2D eigenvalue weighted by molar-refractivity contribution is 6.07. The van der Waals surface area contributed by atoms with E-state index in [0.29, 0.717) is 37.4 Å². The van der Waals surface area contributed by atoms with Crippen molar-refractivity contribution in [3.8, 4) is 11.5 Å². The summed E-state index contributed by atoms with van der Waals surface area (Å²) in [6, 6.07) is 15.4. The van der Waals surface area contributed by atoms with Gasteiger partial charge in [-0.2, -0.15) is 0 Å². The lowest BCUT2D eigenvalue weighted by Gasteiger charge is -2.16. The summed E-state index contributed by atoms with van der Waals surface area (Å²) in [6.07, 6.45) is 1.92. The molecule has 0 heterocycles. The Bertz CT molecular complexity index is 832. The lowest BCUT2D eigenvalue weighted by atomic mass is 10.0. The number of ether oxygens (including phenoxy) is 2. The lowest BCUT2D eigenvalue weighted by Crippen LogP contribution is -2.43. The number of nitrogens with one attached hydrogen (secondary N) is 2. The zero-order valence-electron chi connectivity index (χ0n) is 16.3. The van der Waals surface area contributed by atoms with E-state index < -0.39 is 5.41 Å². The second-order valence-corrected chi connectivity index (χ2v) is 6.95. The molecule has 0 bridgehead atoms. The van der Waals surface area contributed by atoms with E-state index in [1.54, 1.807) is 20.3 Å². The molecule has 1 fully saturated rings. The number of hydrogen-bond acceptors (Lipinski definition) is 4. The van der Waals surface area contributed by atoms with Crippen molar-refractivity contribution in [2.75, 3.05) is 20.8 Å². The van der Waals surface area contributed by atoms with Gasteiger partial charge in [-0.25, -0.2) is 0 Å². The van der Waals surface area contributed by atoms with E-state index in [9.17, 15) is 9.59 Å². The van der Waals surface area contributed by atoms with Gasteiger partial charge in [0.25, 0.3) is 0 Å². The first-order valence-corrected chi connectivity index (χ1v) is 9.40. The van der Waals surface area contributed by atoms with Crippen molar-refractivity contribution < 1.29 is 19.1 Å². The Morgan fingerprint density at radius 3 is 2.21 bits per heavy atom. The third kappa shape index (κ3) is 4.44. The highest BCUT2D eigenvalue weighted by Crippen LogP contribution is 2.46. The summed E-state index contributed by atoms with van der Waals surface area (Å²) in [7, 11) is 3.14. The van der Waals surface area contributed by atoms with Crippen LogP contribution in [0, 0.1) is 5.41 Å². The van der Waals surface area contributed by atoms with Gasteiger partial charge in [-0.3, -0.25) is 9.59 Å². The molecule has 2 aromatic rings. The van der Waals surface area contributed by atoms with Crippen molar-refractivity contribution in [3.63, 3.8) is 0 Å². The molecular formula is C22H26N2O4. The average molecular weight is 382 g/mol. The van der Waals surface area contributed by atoms with Gasteiger partial charge in [0.1, 0.15) is 5.41 Å². The Labute approximate surface area is 165 Å². The standard InChI is InChI=1S/C22H26N2O4/c1-27-18-9-8-17(14-19(18)28-2)15-24-21(26)22(11-12-22)20(25)23-13-10-16-6-4-3-5-7-16/h3-9,14H,10-13,15H2,1-2H3,(H,23,25)(H,24,26). The minimum absolute atomic E-state index is 0.187. The van der Waals surface area contributed by atoms with Crippen LogP contribution < -0.4 is 20.1 Å². The molecule has 2 aromatic carbocycles. The fourth-order valence-electron chi connectivity index (χ4n) is 3.16. The van der Waals surface area contributed by atoms with Crippen molar-refractivity contribution in [2.45, 2.75) is 25.8 Å². The molecule has 1 aliphatic rings. The zero-order valence-corrected chi connectivity index (χ0v) is 16.3. The molecule has 2 N–H and O–H groups in total. The molecule has 0 saturated heterocycles. The Kier molecular flexibility index (Phi) is 6.19. The Morgan fingerprint density at radius 1 is 0.893 bits per heavy atom.